The highest BCUT2D eigenvalue weighted by Crippen LogP contribution is 2.41. The van der Waals surface area contributed by atoms with Gasteiger partial charge in [0.15, 0.2) is 0 Å². The largest absolute Gasteiger partial charge is 0.484 e. The number of phosphoric acid groups is 1. The van der Waals surface area contributed by atoms with Crippen LogP contribution in [0.3, 0.4) is 0 Å². The van der Waals surface area contributed by atoms with Gasteiger partial charge in [-0.1, -0.05) is 24.3 Å². The van der Waals surface area contributed by atoms with E-state index in [2.05, 4.69) is 3.97 Å². The zero-order valence-electron chi connectivity index (χ0n) is 11.3. The van der Waals surface area contributed by atoms with Crippen LogP contribution in [-0.2, 0) is 18.7 Å². The number of benzene rings is 2. The predicted molar refractivity (Wildman–Crippen MR) is 78.6 cm³/mol. The van der Waals surface area contributed by atoms with Crippen LogP contribution < -0.4 is 4.90 Å². The van der Waals surface area contributed by atoms with Gasteiger partial charge in [-0.2, -0.15) is 12.4 Å². The lowest BCUT2D eigenvalue weighted by molar-refractivity contribution is 0.285. The van der Waals surface area contributed by atoms with Crippen LogP contribution in [0.25, 0.3) is 10.8 Å². The Balaban J connectivity index is 2.72. The standard InChI is InChI=1S/C12H14NO6PS/c1-13(2)11-7-3-6-10-9(11)5-4-8-12(10)21(17,18)19-20(14,15)16/h3-8H,1-2H3,(H2,14,15,16). The Kier molecular flexibility index (Phi) is 4.10. The van der Waals surface area contributed by atoms with Crippen LogP contribution in [0.4, 0.5) is 5.69 Å². The Morgan fingerprint density at radius 3 is 2.19 bits per heavy atom. The maximum atomic E-state index is 12.0. The minimum Gasteiger partial charge on any atom is -0.377 e. The van der Waals surface area contributed by atoms with E-state index in [4.69, 9.17) is 9.79 Å². The lowest BCUT2D eigenvalue weighted by Gasteiger charge is -2.16. The SMILES string of the molecule is CN(C)c1cccc2c(S(=O)(=O)OP(=O)(O)O)cccc12. The van der Waals surface area contributed by atoms with Gasteiger partial charge in [0.1, 0.15) is 4.90 Å². The second-order valence-electron chi connectivity index (χ2n) is 4.54. The van der Waals surface area contributed by atoms with Crippen molar-refractivity contribution in [1.29, 1.82) is 0 Å². The molecule has 0 saturated carbocycles. The van der Waals surface area contributed by atoms with Crippen LogP contribution in [-0.4, -0.2) is 32.3 Å². The van der Waals surface area contributed by atoms with Gasteiger partial charge in [-0.25, -0.2) is 4.57 Å². The summed E-state index contributed by atoms with van der Waals surface area (Å²) in [5.41, 5.74) is 0.778. The van der Waals surface area contributed by atoms with Crippen molar-refractivity contribution in [3.05, 3.63) is 36.4 Å². The molecule has 0 spiro atoms. The van der Waals surface area contributed by atoms with Gasteiger partial charge in [-0.15, -0.1) is 0 Å². The fourth-order valence-corrected chi connectivity index (χ4v) is 4.08. The lowest BCUT2D eigenvalue weighted by Crippen LogP contribution is -2.10. The fraction of sp³-hybridized carbons (Fsp3) is 0.167. The third-order valence-corrected chi connectivity index (χ3v) is 5.26. The number of hydrogen-bond acceptors (Lipinski definition) is 5. The van der Waals surface area contributed by atoms with Gasteiger partial charge in [0.05, 0.1) is 0 Å². The molecule has 0 fully saturated rings. The smallest absolute Gasteiger partial charge is 0.377 e. The van der Waals surface area contributed by atoms with E-state index in [0.717, 1.165) is 5.69 Å². The molecule has 2 aromatic carbocycles. The highest BCUT2D eigenvalue weighted by atomic mass is 32.2. The van der Waals surface area contributed by atoms with E-state index in [1.165, 1.54) is 12.1 Å². The van der Waals surface area contributed by atoms with Crippen molar-refractivity contribution < 1.29 is 26.7 Å². The monoisotopic (exact) mass is 331 g/mol. The fourth-order valence-electron chi connectivity index (χ4n) is 2.04. The molecule has 114 valence electrons. The molecule has 2 aromatic rings. The molecule has 0 saturated heterocycles. The normalized spacial score (nSPS) is 12.6. The third-order valence-electron chi connectivity index (χ3n) is 2.81. The van der Waals surface area contributed by atoms with Crippen LogP contribution in [0, 0.1) is 0 Å². The van der Waals surface area contributed by atoms with Crippen LogP contribution in [0.5, 0.6) is 0 Å². The summed E-state index contributed by atoms with van der Waals surface area (Å²) in [4.78, 5) is 19.0. The van der Waals surface area contributed by atoms with Gasteiger partial charge in [0, 0.05) is 30.6 Å². The Bertz CT molecular complexity index is 827. The van der Waals surface area contributed by atoms with E-state index in [0.29, 0.717) is 10.8 Å². The maximum absolute atomic E-state index is 12.0. The van der Waals surface area contributed by atoms with E-state index in [1.807, 2.05) is 25.1 Å². The Hall–Kier alpha value is -1.44. The van der Waals surface area contributed by atoms with Gasteiger partial charge in [-0.3, -0.25) is 0 Å². The summed E-state index contributed by atoms with van der Waals surface area (Å²) in [6.45, 7) is 0. The van der Waals surface area contributed by atoms with Gasteiger partial charge in [0.2, 0.25) is 0 Å². The first-order valence-corrected chi connectivity index (χ1v) is 8.76. The minimum absolute atomic E-state index is 0.285. The molecule has 0 bridgehead atoms. The summed E-state index contributed by atoms with van der Waals surface area (Å²) < 4.78 is 38.8. The van der Waals surface area contributed by atoms with Crippen LogP contribution >= 0.6 is 7.82 Å². The molecule has 21 heavy (non-hydrogen) atoms. The van der Waals surface area contributed by atoms with Gasteiger partial charge in [0.25, 0.3) is 0 Å². The molecule has 0 radical (unpaired) electrons. The molecule has 0 amide bonds. The van der Waals surface area contributed by atoms with Gasteiger partial charge >= 0.3 is 17.9 Å². The van der Waals surface area contributed by atoms with Crippen molar-refractivity contribution in [2.75, 3.05) is 19.0 Å². The van der Waals surface area contributed by atoms with E-state index in [9.17, 15) is 13.0 Å². The van der Waals surface area contributed by atoms with E-state index in [-0.39, 0.29) is 4.90 Å². The topological polar surface area (TPSA) is 104 Å². The Morgan fingerprint density at radius 2 is 1.62 bits per heavy atom. The number of rotatable bonds is 4. The summed E-state index contributed by atoms with van der Waals surface area (Å²) in [6.07, 6.45) is 0. The summed E-state index contributed by atoms with van der Waals surface area (Å²) in [7, 11) is -6.11. The van der Waals surface area contributed by atoms with E-state index >= 15 is 0 Å². The Morgan fingerprint density at radius 1 is 1.05 bits per heavy atom. The number of fused-ring (bicyclic) bond motifs is 1. The average molecular weight is 331 g/mol. The molecule has 0 aliphatic rings. The first-order chi connectivity index (χ1) is 9.62. The molecule has 0 unspecified atom stereocenters. The molecule has 2 N–H and O–H groups in total. The quantitative estimate of drug-likeness (QED) is 0.822. The predicted octanol–water partition coefficient (Wildman–Crippen LogP) is 1.70. The second-order valence-corrected chi connectivity index (χ2v) is 7.47. The summed E-state index contributed by atoms with van der Waals surface area (Å²) in [5.74, 6) is 0. The average Bonchev–Trinajstić information content (AvgIpc) is 2.34. The maximum Gasteiger partial charge on any atom is 0.484 e. The third kappa shape index (κ3) is 3.42. The molecular weight excluding hydrogens is 317 g/mol. The number of nitrogens with zero attached hydrogens (tertiary/aromatic N) is 1. The molecular formula is C12H14NO6PS. The van der Waals surface area contributed by atoms with Crippen LogP contribution in [0.15, 0.2) is 41.3 Å². The lowest BCUT2D eigenvalue weighted by atomic mass is 10.1. The highest BCUT2D eigenvalue weighted by molar-refractivity contribution is 7.90. The minimum atomic E-state index is -5.16. The summed E-state index contributed by atoms with van der Waals surface area (Å²) in [6, 6.07) is 9.48. The molecule has 7 nitrogen and oxygen atoms in total. The molecule has 0 aliphatic carbocycles. The molecule has 0 aromatic heterocycles. The van der Waals surface area contributed by atoms with Crippen LogP contribution in [0.2, 0.25) is 0 Å². The van der Waals surface area contributed by atoms with Crippen molar-refractivity contribution in [3.8, 4) is 0 Å². The van der Waals surface area contributed by atoms with Crippen molar-refractivity contribution in [1.82, 2.24) is 0 Å². The molecule has 0 heterocycles. The van der Waals surface area contributed by atoms with E-state index < -0.39 is 17.9 Å². The van der Waals surface area contributed by atoms with E-state index in [1.54, 1.807) is 18.2 Å². The van der Waals surface area contributed by atoms with Gasteiger partial charge in [-0.05, 0) is 12.1 Å². The molecule has 0 aliphatic heterocycles. The first kappa shape index (κ1) is 15.9. The van der Waals surface area contributed by atoms with Crippen molar-refractivity contribution >= 4 is 34.4 Å². The second kappa shape index (κ2) is 5.40. The van der Waals surface area contributed by atoms with Crippen LogP contribution in [0.1, 0.15) is 0 Å². The summed E-state index contributed by atoms with van der Waals surface area (Å²) in [5, 5.41) is 0.968. The molecule has 2 rings (SSSR count). The van der Waals surface area contributed by atoms with Crippen molar-refractivity contribution in [2.24, 2.45) is 0 Å². The zero-order valence-corrected chi connectivity index (χ0v) is 13.0. The molecule has 0 atom stereocenters. The number of anilines is 1. The van der Waals surface area contributed by atoms with Crippen molar-refractivity contribution in [2.45, 2.75) is 4.90 Å². The number of hydrogen-bond donors (Lipinski definition) is 2. The molecule has 9 heteroatoms. The first-order valence-electron chi connectivity index (χ1n) is 5.83. The summed E-state index contributed by atoms with van der Waals surface area (Å²) >= 11 is 0. The Labute approximate surface area is 122 Å². The van der Waals surface area contributed by atoms with Gasteiger partial charge < -0.3 is 14.7 Å². The van der Waals surface area contributed by atoms with Crippen molar-refractivity contribution in [3.63, 3.8) is 0 Å². The highest BCUT2D eigenvalue weighted by Gasteiger charge is 2.29. The zero-order chi connectivity index (χ0) is 15.8.